The van der Waals surface area contributed by atoms with E-state index in [1.807, 2.05) is 0 Å². The molecular weight excluding hydrogens is 159 g/mol. The first-order chi connectivity index (χ1) is 5.70. The van der Waals surface area contributed by atoms with Gasteiger partial charge < -0.3 is 5.11 Å². The van der Waals surface area contributed by atoms with Crippen molar-refractivity contribution in [2.45, 2.75) is 25.7 Å². The molecule has 0 radical (unpaired) electrons. The second-order valence-electron chi connectivity index (χ2n) is 3.62. The van der Waals surface area contributed by atoms with E-state index in [2.05, 4.69) is 0 Å². The molecule has 0 aromatic rings. The largest absolute Gasteiger partial charge is 0.476 e. The zero-order valence-electron chi connectivity index (χ0n) is 6.72. The second-order valence-corrected chi connectivity index (χ2v) is 3.62. The van der Waals surface area contributed by atoms with Crippen LogP contribution in [0, 0.1) is 11.8 Å². The highest BCUT2D eigenvalue weighted by Gasteiger charge is 2.40. The smallest absolute Gasteiger partial charge is 0.364 e. The quantitative estimate of drug-likeness (QED) is 0.658. The van der Waals surface area contributed by atoms with Crippen molar-refractivity contribution in [1.82, 2.24) is 0 Å². The molecule has 0 atom stereocenters. The van der Waals surface area contributed by atoms with Crippen LogP contribution in [0.25, 0.3) is 0 Å². The van der Waals surface area contributed by atoms with E-state index in [1.54, 1.807) is 0 Å². The third kappa shape index (κ3) is 1.36. The van der Waals surface area contributed by atoms with Gasteiger partial charge >= 0.3 is 5.97 Å². The number of carboxylic acids is 1. The van der Waals surface area contributed by atoms with Crippen molar-refractivity contribution in [2.24, 2.45) is 11.8 Å². The fourth-order valence-electron chi connectivity index (χ4n) is 1.60. The van der Waals surface area contributed by atoms with Crippen LogP contribution in [0.3, 0.4) is 0 Å². The molecule has 0 aliphatic heterocycles. The minimum Gasteiger partial charge on any atom is -0.476 e. The number of carbonyl (C=O) groups is 1. The van der Waals surface area contributed by atoms with E-state index < -0.39 is 11.8 Å². The maximum Gasteiger partial charge on any atom is 0.364 e. The van der Waals surface area contributed by atoms with Gasteiger partial charge in [-0.2, -0.15) is 4.39 Å². The van der Waals surface area contributed by atoms with Crippen LogP contribution in [0.15, 0.2) is 11.4 Å². The van der Waals surface area contributed by atoms with Crippen molar-refractivity contribution < 1.29 is 14.3 Å². The Kier molecular flexibility index (Phi) is 1.67. The molecule has 2 nitrogen and oxygen atoms in total. The lowest BCUT2D eigenvalue weighted by molar-refractivity contribution is -0.134. The summed E-state index contributed by atoms with van der Waals surface area (Å²) in [7, 11) is 0. The van der Waals surface area contributed by atoms with Crippen LogP contribution in [-0.2, 0) is 4.79 Å². The van der Waals surface area contributed by atoms with E-state index in [4.69, 9.17) is 5.11 Å². The van der Waals surface area contributed by atoms with Gasteiger partial charge in [-0.1, -0.05) is 0 Å². The third-order valence-corrected chi connectivity index (χ3v) is 2.48. The van der Waals surface area contributed by atoms with Crippen LogP contribution in [0.2, 0.25) is 0 Å². The number of carboxylic acid groups (broad SMARTS) is 1. The Bertz CT molecular complexity index is 235. The van der Waals surface area contributed by atoms with Crippen LogP contribution in [0.1, 0.15) is 25.7 Å². The Morgan fingerprint density at radius 3 is 1.83 bits per heavy atom. The van der Waals surface area contributed by atoms with Crippen molar-refractivity contribution in [2.75, 3.05) is 0 Å². The lowest BCUT2D eigenvalue weighted by atomic mass is 10.1. The highest BCUT2D eigenvalue weighted by molar-refractivity contribution is 5.85. The molecule has 66 valence electrons. The van der Waals surface area contributed by atoms with Gasteiger partial charge in [-0.25, -0.2) is 4.79 Å². The van der Waals surface area contributed by atoms with Crippen LogP contribution in [0.5, 0.6) is 0 Å². The van der Waals surface area contributed by atoms with Crippen LogP contribution >= 0.6 is 0 Å². The Morgan fingerprint density at radius 1 is 1.17 bits per heavy atom. The zero-order chi connectivity index (χ0) is 8.72. The second kappa shape index (κ2) is 2.57. The molecule has 2 rings (SSSR count). The molecular formula is C9H11FO2. The van der Waals surface area contributed by atoms with Crippen LogP contribution in [0.4, 0.5) is 4.39 Å². The Labute approximate surface area is 70.1 Å². The summed E-state index contributed by atoms with van der Waals surface area (Å²) in [6.45, 7) is 0. The SMILES string of the molecule is O=C(O)C(F)=C(C1CC1)C1CC1. The number of aliphatic carboxylic acids is 1. The monoisotopic (exact) mass is 170 g/mol. The first-order valence-corrected chi connectivity index (χ1v) is 4.33. The van der Waals surface area contributed by atoms with Gasteiger partial charge in [0.15, 0.2) is 0 Å². The lowest BCUT2D eigenvalue weighted by Gasteiger charge is -2.02. The maximum atomic E-state index is 13.1. The predicted octanol–water partition coefficient (Wildman–Crippen LogP) is 2.11. The van der Waals surface area contributed by atoms with Gasteiger partial charge in [0.25, 0.3) is 0 Å². The van der Waals surface area contributed by atoms with Crippen molar-refractivity contribution >= 4 is 5.97 Å². The summed E-state index contributed by atoms with van der Waals surface area (Å²) in [5.41, 5.74) is 0.600. The summed E-state index contributed by atoms with van der Waals surface area (Å²) >= 11 is 0. The molecule has 2 saturated carbocycles. The van der Waals surface area contributed by atoms with Crippen LogP contribution < -0.4 is 0 Å². The van der Waals surface area contributed by atoms with E-state index in [9.17, 15) is 9.18 Å². The molecule has 0 spiro atoms. The standard InChI is InChI=1S/C9H11FO2/c10-8(9(11)12)7(5-1-2-5)6-3-4-6/h5-6H,1-4H2,(H,11,12). The molecule has 12 heavy (non-hydrogen) atoms. The summed E-state index contributed by atoms with van der Waals surface area (Å²) in [6.07, 6.45) is 3.91. The normalized spacial score (nSPS) is 22.1. The summed E-state index contributed by atoms with van der Waals surface area (Å²) in [5.74, 6) is -1.74. The molecule has 0 bridgehead atoms. The number of rotatable bonds is 3. The van der Waals surface area contributed by atoms with Crippen molar-refractivity contribution in [3.05, 3.63) is 11.4 Å². The summed E-state index contributed by atoms with van der Waals surface area (Å²) in [5, 5.41) is 8.47. The van der Waals surface area contributed by atoms with Crippen LogP contribution in [-0.4, -0.2) is 11.1 Å². The van der Waals surface area contributed by atoms with Gasteiger partial charge in [0.2, 0.25) is 5.83 Å². The lowest BCUT2D eigenvalue weighted by Crippen LogP contribution is -2.03. The number of hydrogen-bond acceptors (Lipinski definition) is 1. The van der Waals surface area contributed by atoms with E-state index in [-0.39, 0.29) is 11.8 Å². The average Bonchev–Trinajstić information content (AvgIpc) is 2.81. The molecule has 0 amide bonds. The van der Waals surface area contributed by atoms with Gasteiger partial charge in [-0.3, -0.25) is 0 Å². The van der Waals surface area contributed by atoms with E-state index in [0.29, 0.717) is 5.57 Å². The molecule has 3 heteroatoms. The topological polar surface area (TPSA) is 37.3 Å². The Morgan fingerprint density at radius 2 is 1.58 bits per heavy atom. The summed E-state index contributed by atoms with van der Waals surface area (Å²) in [4.78, 5) is 10.4. The highest BCUT2D eigenvalue weighted by atomic mass is 19.1. The van der Waals surface area contributed by atoms with E-state index in [0.717, 1.165) is 25.7 Å². The van der Waals surface area contributed by atoms with Crippen molar-refractivity contribution in [3.8, 4) is 0 Å². The predicted molar refractivity (Wildman–Crippen MR) is 41.2 cm³/mol. The summed E-state index contributed by atoms with van der Waals surface area (Å²) < 4.78 is 13.1. The van der Waals surface area contributed by atoms with Gasteiger partial charge in [0.05, 0.1) is 0 Å². The van der Waals surface area contributed by atoms with Gasteiger partial charge in [-0.15, -0.1) is 0 Å². The minimum atomic E-state index is -1.39. The molecule has 0 unspecified atom stereocenters. The van der Waals surface area contributed by atoms with Gasteiger partial charge in [-0.05, 0) is 43.1 Å². The van der Waals surface area contributed by atoms with E-state index in [1.165, 1.54) is 0 Å². The minimum absolute atomic E-state index is 0.258. The van der Waals surface area contributed by atoms with E-state index >= 15 is 0 Å². The molecule has 0 heterocycles. The zero-order valence-corrected chi connectivity index (χ0v) is 6.72. The van der Waals surface area contributed by atoms with Gasteiger partial charge in [0, 0.05) is 0 Å². The average molecular weight is 170 g/mol. The number of hydrogen-bond donors (Lipinski definition) is 1. The molecule has 2 fully saturated rings. The fraction of sp³-hybridized carbons (Fsp3) is 0.667. The maximum absolute atomic E-state index is 13.1. The summed E-state index contributed by atoms with van der Waals surface area (Å²) in [6, 6.07) is 0. The molecule has 2 aliphatic carbocycles. The Hall–Kier alpha value is -0.860. The Balaban J connectivity index is 2.22. The van der Waals surface area contributed by atoms with Crippen molar-refractivity contribution in [1.29, 1.82) is 0 Å². The molecule has 2 aliphatic rings. The number of allylic oxidation sites excluding steroid dienone is 1. The first-order valence-electron chi connectivity index (χ1n) is 4.33. The number of halogens is 1. The molecule has 1 N–H and O–H groups in total. The first kappa shape index (κ1) is 7.77. The fourth-order valence-corrected chi connectivity index (χ4v) is 1.60. The van der Waals surface area contributed by atoms with Crippen molar-refractivity contribution in [3.63, 3.8) is 0 Å². The third-order valence-electron chi connectivity index (χ3n) is 2.48. The molecule has 0 aromatic carbocycles. The molecule has 0 saturated heterocycles. The highest BCUT2D eigenvalue weighted by Crippen LogP contribution is 2.50. The molecule has 0 aromatic heterocycles. The van der Waals surface area contributed by atoms with Gasteiger partial charge in [0.1, 0.15) is 0 Å².